The van der Waals surface area contributed by atoms with Crippen molar-refractivity contribution >= 4 is 16.9 Å². The van der Waals surface area contributed by atoms with E-state index in [4.69, 9.17) is 0 Å². The molecule has 0 radical (unpaired) electrons. The van der Waals surface area contributed by atoms with Gasteiger partial charge in [0.05, 0.1) is 18.3 Å². The predicted molar refractivity (Wildman–Crippen MR) is 115 cm³/mol. The fraction of sp³-hybridized carbons (Fsp3) is 0.208. The monoisotopic (exact) mass is 384 g/mol. The van der Waals surface area contributed by atoms with E-state index in [1.54, 1.807) is 12.4 Å². The van der Waals surface area contributed by atoms with E-state index in [0.717, 1.165) is 23.0 Å². The number of nitrogens with zero attached hydrogens (tertiary/aromatic N) is 4. The van der Waals surface area contributed by atoms with Crippen molar-refractivity contribution in [1.82, 2.24) is 19.7 Å². The van der Waals surface area contributed by atoms with Crippen molar-refractivity contribution in [2.75, 3.05) is 13.1 Å². The van der Waals surface area contributed by atoms with Crippen molar-refractivity contribution in [2.45, 2.75) is 19.9 Å². The zero-order valence-electron chi connectivity index (χ0n) is 16.5. The predicted octanol–water partition coefficient (Wildman–Crippen LogP) is 4.18. The van der Waals surface area contributed by atoms with E-state index < -0.39 is 0 Å². The maximum Gasteiger partial charge on any atom is 0.255 e. The Morgan fingerprint density at radius 3 is 2.34 bits per heavy atom. The second kappa shape index (κ2) is 8.69. The van der Waals surface area contributed by atoms with Crippen LogP contribution in [0.1, 0.15) is 28.4 Å². The molecule has 0 aliphatic carbocycles. The van der Waals surface area contributed by atoms with Gasteiger partial charge in [-0.05, 0) is 30.5 Å². The van der Waals surface area contributed by atoms with E-state index in [2.05, 4.69) is 34.3 Å². The average Bonchev–Trinajstić information content (AvgIpc) is 3.17. The molecule has 0 spiro atoms. The fourth-order valence-electron chi connectivity index (χ4n) is 3.46. The quantitative estimate of drug-likeness (QED) is 0.480. The van der Waals surface area contributed by atoms with Crippen molar-refractivity contribution < 1.29 is 4.79 Å². The molecule has 0 N–H and O–H groups in total. The summed E-state index contributed by atoms with van der Waals surface area (Å²) in [7, 11) is 0. The van der Waals surface area contributed by atoms with Gasteiger partial charge in [-0.15, -0.1) is 0 Å². The van der Waals surface area contributed by atoms with E-state index in [9.17, 15) is 4.79 Å². The van der Waals surface area contributed by atoms with Crippen LogP contribution in [0.3, 0.4) is 0 Å². The third-order valence-corrected chi connectivity index (χ3v) is 5.08. The zero-order chi connectivity index (χ0) is 20.1. The molecule has 146 valence electrons. The zero-order valence-corrected chi connectivity index (χ0v) is 16.5. The van der Waals surface area contributed by atoms with Gasteiger partial charge < -0.3 is 4.90 Å². The Morgan fingerprint density at radius 1 is 0.966 bits per heavy atom. The summed E-state index contributed by atoms with van der Waals surface area (Å²) < 4.78 is 1.87. The molecular weight excluding hydrogens is 360 g/mol. The van der Waals surface area contributed by atoms with Crippen LogP contribution in [0.25, 0.3) is 11.0 Å². The average molecular weight is 384 g/mol. The molecule has 0 aliphatic heterocycles. The first-order chi connectivity index (χ1) is 14.2. The molecule has 4 aromatic rings. The molecule has 0 unspecified atom stereocenters. The van der Waals surface area contributed by atoms with Crippen molar-refractivity contribution in [3.63, 3.8) is 0 Å². The Labute approximate surface area is 170 Å². The Hall–Kier alpha value is -3.47. The lowest BCUT2D eigenvalue weighted by Crippen LogP contribution is -2.32. The van der Waals surface area contributed by atoms with Crippen LogP contribution < -0.4 is 0 Å². The van der Waals surface area contributed by atoms with Gasteiger partial charge in [0.1, 0.15) is 0 Å². The highest BCUT2D eigenvalue weighted by atomic mass is 16.2. The number of carbonyl (C=O) groups is 1. The summed E-state index contributed by atoms with van der Waals surface area (Å²) in [6, 6.07) is 22.3. The highest BCUT2D eigenvalue weighted by molar-refractivity contribution is 5.96. The van der Waals surface area contributed by atoms with E-state index in [-0.39, 0.29) is 5.91 Å². The molecule has 1 amide bonds. The lowest BCUT2D eigenvalue weighted by atomic mass is 10.1. The van der Waals surface area contributed by atoms with Crippen LogP contribution in [0, 0.1) is 0 Å². The molecule has 2 heterocycles. The number of benzene rings is 2. The van der Waals surface area contributed by atoms with Gasteiger partial charge in [-0.3, -0.25) is 4.79 Å². The third-order valence-electron chi connectivity index (χ3n) is 5.08. The molecule has 0 atom stereocenters. The molecule has 0 aliphatic rings. The SMILES string of the molecule is CCN(CCc1ccccc1)C(=O)c1cnc2c(cnn2Cc2ccccc2)c1. The molecule has 4 rings (SSSR count). The molecule has 0 saturated heterocycles. The van der Waals surface area contributed by atoms with Crippen LogP contribution in [0.5, 0.6) is 0 Å². The van der Waals surface area contributed by atoms with Gasteiger partial charge >= 0.3 is 0 Å². The first-order valence-electron chi connectivity index (χ1n) is 9.93. The molecule has 2 aromatic carbocycles. The molecule has 0 bridgehead atoms. The minimum absolute atomic E-state index is 0.00800. The van der Waals surface area contributed by atoms with Gasteiger partial charge in [-0.25, -0.2) is 9.67 Å². The maximum absolute atomic E-state index is 13.0. The number of hydrogen-bond donors (Lipinski definition) is 0. The van der Waals surface area contributed by atoms with Gasteiger partial charge in [0.2, 0.25) is 0 Å². The minimum atomic E-state index is 0.00800. The first-order valence-corrected chi connectivity index (χ1v) is 9.93. The number of hydrogen-bond acceptors (Lipinski definition) is 3. The lowest BCUT2D eigenvalue weighted by Gasteiger charge is -2.21. The number of likely N-dealkylation sites (N-methyl/N-ethyl adjacent to an activating group) is 1. The molecular formula is C24H24N4O. The van der Waals surface area contributed by atoms with Crippen molar-refractivity contribution in [1.29, 1.82) is 0 Å². The van der Waals surface area contributed by atoms with Gasteiger partial charge in [0, 0.05) is 24.7 Å². The van der Waals surface area contributed by atoms with Crippen molar-refractivity contribution in [2.24, 2.45) is 0 Å². The summed E-state index contributed by atoms with van der Waals surface area (Å²) in [5.41, 5.74) is 3.79. The lowest BCUT2D eigenvalue weighted by molar-refractivity contribution is 0.0766. The summed E-state index contributed by atoms with van der Waals surface area (Å²) in [5, 5.41) is 5.34. The van der Waals surface area contributed by atoms with Crippen molar-refractivity contribution in [3.05, 3.63) is 95.8 Å². The standard InChI is InChI=1S/C24H24N4O/c1-2-27(14-13-19-9-5-3-6-10-19)24(29)22-15-21-17-26-28(23(21)25-16-22)18-20-11-7-4-8-12-20/h3-12,15-17H,2,13-14,18H2,1H3. The molecule has 0 fully saturated rings. The Kier molecular flexibility index (Phi) is 5.66. The largest absolute Gasteiger partial charge is 0.339 e. The highest BCUT2D eigenvalue weighted by Crippen LogP contribution is 2.16. The molecule has 2 aromatic heterocycles. The van der Waals surface area contributed by atoms with E-state index >= 15 is 0 Å². The van der Waals surface area contributed by atoms with Crippen LogP contribution in [-0.2, 0) is 13.0 Å². The second-order valence-corrected chi connectivity index (χ2v) is 7.05. The Morgan fingerprint density at radius 2 is 1.66 bits per heavy atom. The summed E-state index contributed by atoms with van der Waals surface area (Å²) >= 11 is 0. The highest BCUT2D eigenvalue weighted by Gasteiger charge is 2.16. The van der Waals surface area contributed by atoms with Gasteiger partial charge in [0.15, 0.2) is 5.65 Å². The molecule has 0 saturated carbocycles. The maximum atomic E-state index is 13.0. The van der Waals surface area contributed by atoms with Gasteiger partial charge in [-0.1, -0.05) is 60.7 Å². The number of amides is 1. The van der Waals surface area contributed by atoms with Gasteiger partial charge in [0.25, 0.3) is 5.91 Å². The van der Waals surface area contributed by atoms with E-state index in [1.165, 1.54) is 5.56 Å². The van der Waals surface area contributed by atoms with Crippen LogP contribution in [0.2, 0.25) is 0 Å². The Balaban J connectivity index is 1.50. The normalized spacial score (nSPS) is 10.9. The van der Waals surface area contributed by atoms with Crippen molar-refractivity contribution in [3.8, 4) is 0 Å². The first kappa shape index (κ1) is 18.9. The van der Waals surface area contributed by atoms with E-state index in [0.29, 0.717) is 25.2 Å². The summed E-state index contributed by atoms with van der Waals surface area (Å²) in [4.78, 5) is 19.4. The van der Waals surface area contributed by atoms with E-state index in [1.807, 2.05) is 59.0 Å². The Bertz CT molecular complexity index is 1090. The third kappa shape index (κ3) is 4.35. The molecule has 5 nitrogen and oxygen atoms in total. The fourth-order valence-corrected chi connectivity index (χ4v) is 3.46. The van der Waals surface area contributed by atoms with Crippen LogP contribution in [0.15, 0.2) is 79.1 Å². The summed E-state index contributed by atoms with van der Waals surface area (Å²) in [5.74, 6) is 0.00800. The van der Waals surface area contributed by atoms with Crippen LogP contribution in [0.4, 0.5) is 0 Å². The molecule has 5 heteroatoms. The number of fused-ring (bicyclic) bond motifs is 1. The van der Waals surface area contributed by atoms with Crippen LogP contribution in [-0.4, -0.2) is 38.7 Å². The van der Waals surface area contributed by atoms with Gasteiger partial charge in [-0.2, -0.15) is 5.10 Å². The molecule has 29 heavy (non-hydrogen) atoms. The number of carbonyl (C=O) groups excluding carboxylic acids is 1. The van der Waals surface area contributed by atoms with Crippen LogP contribution >= 0.6 is 0 Å². The topological polar surface area (TPSA) is 51.0 Å². The summed E-state index contributed by atoms with van der Waals surface area (Å²) in [6.45, 7) is 4.01. The number of aromatic nitrogens is 3. The summed E-state index contributed by atoms with van der Waals surface area (Å²) in [6.07, 6.45) is 4.28. The minimum Gasteiger partial charge on any atom is -0.339 e. The second-order valence-electron chi connectivity index (χ2n) is 7.05. The number of pyridine rings is 1. The number of rotatable bonds is 7. The smallest absolute Gasteiger partial charge is 0.255 e.